The molecule has 3 atom stereocenters. The van der Waals surface area contributed by atoms with Gasteiger partial charge < -0.3 is 10.2 Å². The maximum Gasteiger partial charge on any atom is 0.247 e. The van der Waals surface area contributed by atoms with Crippen molar-refractivity contribution in [1.29, 1.82) is 0 Å². The molecule has 0 spiro atoms. The maximum absolute atomic E-state index is 12.6. The topological polar surface area (TPSA) is 49.4 Å². The molecule has 1 N–H and O–H groups in total. The highest BCUT2D eigenvalue weighted by Gasteiger charge is 2.45. The molecule has 0 bridgehead atoms. The molecule has 2 amide bonds. The number of hydrogen-bond donors (Lipinski definition) is 1. The molecular weight excluding hydrogens is 240 g/mol. The molecule has 0 aromatic heterocycles. The van der Waals surface area contributed by atoms with Crippen LogP contribution in [0.25, 0.3) is 0 Å². The van der Waals surface area contributed by atoms with Gasteiger partial charge in [-0.15, -0.1) is 6.42 Å². The Morgan fingerprint density at radius 1 is 1.26 bits per heavy atom. The predicted octanol–water partition coefficient (Wildman–Crippen LogP) is 1.41. The molecule has 1 aliphatic heterocycles. The summed E-state index contributed by atoms with van der Waals surface area (Å²) in [4.78, 5) is 26.5. The van der Waals surface area contributed by atoms with Crippen LogP contribution in [-0.2, 0) is 9.59 Å². The van der Waals surface area contributed by atoms with E-state index in [0.29, 0.717) is 6.42 Å². The van der Waals surface area contributed by atoms with E-state index in [4.69, 9.17) is 6.42 Å². The molecule has 0 aromatic carbocycles. The van der Waals surface area contributed by atoms with Crippen molar-refractivity contribution in [2.45, 2.75) is 59.2 Å². The van der Waals surface area contributed by atoms with Crippen LogP contribution in [0.15, 0.2) is 0 Å². The first-order chi connectivity index (χ1) is 8.84. The molecule has 0 radical (unpaired) electrons. The van der Waals surface area contributed by atoms with Crippen molar-refractivity contribution >= 4 is 11.8 Å². The second-order valence-electron chi connectivity index (χ2n) is 5.76. The lowest BCUT2D eigenvalue weighted by Gasteiger charge is -2.44. The molecule has 1 heterocycles. The van der Waals surface area contributed by atoms with Crippen molar-refractivity contribution in [2.24, 2.45) is 11.8 Å². The SMILES string of the molecule is C#CC(CC)N1C(=O)C(C(C)C)NC(=O)C1C(C)C. The molecular formula is C15H24N2O2. The number of nitrogens with zero attached hydrogens (tertiary/aromatic N) is 1. The van der Waals surface area contributed by atoms with Gasteiger partial charge in [-0.1, -0.05) is 40.5 Å². The fourth-order valence-electron chi connectivity index (χ4n) is 2.54. The maximum atomic E-state index is 12.6. The van der Waals surface area contributed by atoms with Gasteiger partial charge in [0.1, 0.15) is 12.1 Å². The van der Waals surface area contributed by atoms with E-state index < -0.39 is 12.1 Å². The van der Waals surface area contributed by atoms with Crippen molar-refractivity contribution in [3.05, 3.63) is 0 Å². The number of carbonyl (C=O) groups excluding carboxylic acids is 2. The van der Waals surface area contributed by atoms with Gasteiger partial charge in [0.05, 0.1) is 6.04 Å². The summed E-state index contributed by atoms with van der Waals surface area (Å²) in [5.74, 6) is 2.59. The Bertz CT molecular complexity index is 395. The minimum Gasteiger partial charge on any atom is -0.342 e. The van der Waals surface area contributed by atoms with E-state index in [1.54, 1.807) is 4.90 Å². The number of nitrogens with one attached hydrogen (secondary N) is 1. The van der Waals surface area contributed by atoms with E-state index in [1.807, 2.05) is 34.6 Å². The summed E-state index contributed by atoms with van der Waals surface area (Å²) < 4.78 is 0. The van der Waals surface area contributed by atoms with E-state index in [2.05, 4.69) is 11.2 Å². The minimum absolute atomic E-state index is 0.0412. The van der Waals surface area contributed by atoms with Crippen LogP contribution in [0.1, 0.15) is 41.0 Å². The van der Waals surface area contributed by atoms with Crippen LogP contribution in [0.4, 0.5) is 0 Å². The Morgan fingerprint density at radius 3 is 2.21 bits per heavy atom. The van der Waals surface area contributed by atoms with Gasteiger partial charge in [0, 0.05) is 0 Å². The average molecular weight is 264 g/mol. The smallest absolute Gasteiger partial charge is 0.247 e. The van der Waals surface area contributed by atoms with Crippen molar-refractivity contribution in [2.75, 3.05) is 0 Å². The molecule has 0 aliphatic carbocycles. The van der Waals surface area contributed by atoms with Crippen molar-refractivity contribution in [1.82, 2.24) is 10.2 Å². The molecule has 1 aliphatic rings. The molecule has 0 saturated carbocycles. The Balaban J connectivity index is 3.18. The van der Waals surface area contributed by atoms with Gasteiger partial charge in [-0.05, 0) is 18.3 Å². The lowest BCUT2D eigenvalue weighted by atomic mass is 9.91. The number of terminal acetylenes is 1. The zero-order chi connectivity index (χ0) is 14.7. The number of hydrogen-bond acceptors (Lipinski definition) is 2. The normalized spacial score (nSPS) is 25.5. The fourth-order valence-corrected chi connectivity index (χ4v) is 2.54. The Kier molecular flexibility index (Phi) is 4.99. The Morgan fingerprint density at radius 2 is 1.84 bits per heavy atom. The van der Waals surface area contributed by atoms with Gasteiger partial charge in [-0.3, -0.25) is 9.59 Å². The summed E-state index contributed by atoms with van der Waals surface area (Å²) in [6.45, 7) is 9.65. The van der Waals surface area contributed by atoms with E-state index in [0.717, 1.165) is 0 Å². The lowest BCUT2D eigenvalue weighted by Crippen LogP contribution is -2.68. The van der Waals surface area contributed by atoms with E-state index in [9.17, 15) is 9.59 Å². The first-order valence-electron chi connectivity index (χ1n) is 6.93. The molecule has 1 fully saturated rings. The van der Waals surface area contributed by atoms with E-state index in [-0.39, 0.29) is 29.7 Å². The summed E-state index contributed by atoms with van der Waals surface area (Å²) in [5.41, 5.74) is 0. The van der Waals surface area contributed by atoms with Gasteiger partial charge in [0.15, 0.2) is 0 Å². The van der Waals surface area contributed by atoms with Crippen LogP contribution in [0.3, 0.4) is 0 Å². The van der Waals surface area contributed by atoms with Gasteiger partial charge >= 0.3 is 0 Å². The summed E-state index contributed by atoms with van der Waals surface area (Å²) in [5, 5.41) is 2.83. The summed E-state index contributed by atoms with van der Waals surface area (Å²) in [6, 6.07) is -1.25. The zero-order valence-corrected chi connectivity index (χ0v) is 12.4. The third kappa shape index (κ3) is 2.91. The number of amides is 2. The fraction of sp³-hybridized carbons (Fsp3) is 0.733. The molecule has 4 nitrogen and oxygen atoms in total. The summed E-state index contributed by atoms with van der Waals surface area (Å²) in [6.07, 6.45) is 6.19. The molecule has 0 aromatic rings. The van der Waals surface area contributed by atoms with Gasteiger partial charge in [-0.2, -0.15) is 0 Å². The van der Waals surface area contributed by atoms with Crippen molar-refractivity contribution in [3.63, 3.8) is 0 Å². The summed E-state index contributed by atoms with van der Waals surface area (Å²) in [7, 11) is 0. The first-order valence-corrected chi connectivity index (χ1v) is 6.93. The number of piperazine rings is 1. The second kappa shape index (κ2) is 6.10. The largest absolute Gasteiger partial charge is 0.342 e. The second-order valence-corrected chi connectivity index (χ2v) is 5.76. The van der Waals surface area contributed by atoms with Gasteiger partial charge in [0.25, 0.3) is 0 Å². The quantitative estimate of drug-likeness (QED) is 0.780. The van der Waals surface area contributed by atoms with Crippen molar-refractivity contribution in [3.8, 4) is 12.3 Å². The minimum atomic E-state index is -0.469. The number of rotatable bonds is 4. The van der Waals surface area contributed by atoms with Crippen LogP contribution in [0.5, 0.6) is 0 Å². The van der Waals surface area contributed by atoms with Crippen molar-refractivity contribution < 1.29 is 9.59 Å². The van der Waals surface area contributed by atoms with Gasteiger partial charge in [-0.25, -0.2) is 0 Å². The molecule has 3 unspecified atom stereocenters. The third-order valence-electron chi connectivity index (χ3n) is 3.60. The molecule has 1 saturated heterocycles. The van der Waals surface area contributed by atoms with Crippen LogP contribution < -0.4 is 5.32 Å². The molecule has 4 heteroatoms. The van der Waals surface area contributed by atoms with Gasteiger partial charge in [0.2, 0.25) is 11.8 Å². The Hall–Kier alpha value is -1.50. The third-order valence-corrected chi connectivity index (χ3v) is 3.60. The van der Waals surface area contributed by atoms with Crippen LogP contribution >= 0.6 is 0 Å². The highest BCUT2D eigenvalue weighted by atomic mass is 16.2. The molecule has 106 valence electrons. The number of carbonyl (C=O) groups is 2. The Labute approximate surface area is 115 Å². The highest BCUT2D eigenvalue weighted by molar-refractivity contribution is 5.97. The summed E-state index contributed by atoms with van der Waals surface area (Å²) >= 11 is 0. The first kappa shape index (κ1) is 15.6. The molecule has 19 heavy (non-hydrogen) atoms. The molecule has 1 rings (SSSR count). The van der Waals surface area contributed by atoms with Crippen LogP contribution in [0.2, 0.25) is 0 Å². The van der Waals surface area contributed by atoms with E-state index >= 15 is 0 Å². The standard InChI is InChI=1S/C15H24N2O2/c1-7-11(8-2)17-13(10(5)6)14(18)16-12(9(3)4)15(17)19/h1,9-13H,8H2,2-6H3,(H,16,18). The average Bonchev–Trinajstić information content (AvgIpc) is 2.33. The highest BCUT2D eigenvalue weighted by Crippen LogP contribution is 2.23. The van der Waals surface area contributed by atoms with E-state index in [1.165, 1.54) is 0 Å². The zero-order valence-electron chi connectivity index (χ0n) is 12.4. The lowest BCUT2D eigenvalue weighted by molar-refractivity contribution is -0.154. The monoisotopic (exact) mass is 264 g/mol. The van der Waals surface area contributed by atoms with Crippen LogP contribution in [0, 0.1) is 24.2 Å². The predicted molar refractivity (Wildman–Crippen MR) is 75.2 cm³/mol. The van der Waals surface area contributed by atoms with Crippen LogP contribution in [-0.4, -0.2) is 34.8 Å².